The smallest absolute Gasteiger partial charge is 0.331 e. The Hall–Kier alpha value is -1.77. The van der Waals surface area contributed by atoms with Gasteiger partial charge in [-0.1, -0.05) is 18.2 Å². The first-order valence-electron chi connectivity index (χ1n) is 6.81. The molecule has 2 rings (SSSR count). The summed E-state index contributed by atoms with van der Waals surface area (Å²) in [4.78, 5) is 11.7. The molecule has 0 radical (unpaired) electrons. The molecular formula is C16H20O3. The number of rotatable bonds is 6. The standard InChI is InChI=1S/C16H20O3/c1-3-18-15-7-5-4-6-14(15)10-11-16(17)19-12(2)13-8-9-13/h4-7,10-13H,3,8-9H2,1-2H3/b11-10+. The zero-order chi connectivity index (χ0) is 13.7. The van der Waals surface area contributed by atoms with Gasteiger partial charge in [0.1, 0.15) is 11.9 Å². The largest absolute Gasteiger partial charge is 0.493 e. The van der Waals surface area contributed by atoms with Gasteiger partial charge in [0.2, 0.25) is 0 Å². The monoisotopic (exact) mass is 260 g/mol. The molecule has 3 nitrogen and oxygen atoms in total. The molecule has 0 amide bonds. The van der Waals surface area contributed by atoms with Crippen LogP contribution in [-0.2, 0) is 9.53 Å². The summed E-state index contributed by atoms with van der Waals surface area (Å²) >= 11 is 0. The summed E-state index contributed by atoms with van der Waals surface area (Å²) in [7, 11) is 0. The fourth-order valence-corrected chi connectivity index (χ4v) is 1.95. The number of benzene rings is 1. The summed E-state index contributed by atoms with van der Waals surface area (Å²) in [6, 6.07) is 7.64. The van der Waals surface area contributed by atoms with Crippen LogP contribution in [0.15, 0.2) is 30.3 Å². The highest BCUT2D eigenvalue weighted by Crippen LogP contribution is 2.34. The molecule has 19 heavy (non-hydrogen) atoms. The quantitative estimate of drug-likeness (QED) is 0.580. The lowest BCUT2D eigenvalue weighted by Crippen LogP contribution is -2.14. The molecule has 1 unspecified atom stereocenters. The zero-order valence-corrected chi connectivity index (χ0v) is 11.5. The highest BCUT2D eigenvalue weighted by atomic mass is 16.5. The third-order valence-electron chi connectivity index (χ3n) is 3.21. The minimum absolute atomic E-state index is 0.0271. The van der Waals surface area contributed by atoms with Crippen molar-refractivity contribution in [3.05, 3.63) is 35.9 Å². The molecule has 3 heteroatoms. The number of ether oxygens (including phenoxy) is 2. The van der Waals surface area contributed by atoms with E-state index in [2.05, 4.69) is 0 Å². The van der Waals surface area contributed by atoms with Gasteiger partial charge in [0.15, 0.2) is 0 Å². The van der Waals surface area contributed by atoms with Crippen LogP contribution in [0.4, 0.5) is 0 Å². The fraction of sp³-hybridized carbons (Fsp3) is 0.438. The van der Waals surface area contributed by atoms with Crippen LogP contribution in [-0.4, -0.2) is 18.7 Å². The molecule has 0 aliphatic heterocycles. The van der Waals surface area contributed by atoms with E-state index >= 15 is 0 Å². The second-order valence-electron chi connectivity index (χ2n) is 4.78. The van der Waals surface area contributed by atoms with Gasteiger partial charge in [0, 0.05) is 11.6 Å². The third kappa shape index (κ3) is 4.12. The van der Waals surface area contributed by atoms with E-state index in [-0.39, 0.29) is 12.1 Å². The van der Waals surface area contributed by atoms with Crippen molar-refractivity contribution < 1.29 is 14.3 Å². The maximum Gasteiger partial charge on any atom is 0.331 e. The Bertz CT molecular complexity index is 461. The van der Waals surface area contributed by atoms with Crippen molar-refractivity contribution in [2.45, 2.75) is 32.8 Å². The van der Waals surface area contributed by atoms with Crippen molar-refractivity contribution in [1.29, 1.82) is 0 Å². The van der Waals surface area contributed by atoms with Crippen molar-refractivity contribution in [2.75, 3.05) is 6.61 Å². The molecule has 1 aromatic carbocycles. The molecule has 1 aliphatic rings. The Morgan fingerprint density at radius 1 is 1.42 bits per heavy atom. The van der Waals surface area contributed by atoms with Crippen LogP contribution >= 0.6 is 0 Å². The summed E-state index contributed by atoms with van der Waals surface area (Å²) in [6.45, 7) is 4.50. The van der Waals surface area contributed by atoms with E-state index in [1.165, 1.54) is 18.9 Å². The molecule has 1 aliphatic carbocycles. The average molecular weight is 260 g/mol. The lowest BCUT2D eigenvalue weighted by Gasteiger charge is -2.10. The first-order chi connectivity index (χ1) is 9.20. The molecule has 0 saturated heterocycles. The van der Waals surface area contributed by atoms with Crippen LogP contribution in [0, 0.1) is 5.92 Å². The van der Waals surface area contributed by atoms with Crippen molar-refractivity contribution >= 4 is 12.0 Å². The maximum atomic E-state index is 11.7. The summed E-state index contributed by atoms with van der Waals surface area (Å²) in [5.41, 5.74) is 0.889. The van der Waals surface area contributed by atoms with Gasteiger partial charge in [-0.05, 0) is 44.7 Å². The van der Waals surface area contributed by atoms with Crippen molar-refractivity contribution in [3.8, 4) is 5.75 Å². The molecule has 1 saturated carbocycles. The van der Waals surface area contributed by atoms with Crippen molar-refractivity contribution in [1.82, 2.24) is 0 Å². The normalized spacial score (nSPS) is 16.3. The van der Waals surface area contributed by atoms with Crippen LogP contribution in [0.2, 0.25) is 0 Å². The predicted molar refractivity (Wildman–Crippen MR) is 74.9 cm³/mol. The van der Waals surface area contributed by atoms with Crippen LogP contribution in [0.5, 0.6) is 5.75 Å². The number of esters is 1. The van der Waals surface area contributed by atoms with E-state index in [0.29, 0.717) is 12.5 Å². The molecule has 0 bridgehead atoms. The number of para-hydroxylation sites is 1. The van der Waals surface area contributed by atoms with Gasteiger partial charge in [-0.15, -0.1) is 0 Å². The van der Waals surface area contributed by atoms with Gasteiger partial charge in [-0.3, -0.25) is 0 Å². The van der Waals surface area contributed by atoms with Gasteiger partial charge < -0.3 is 9.47 Å². The van der Waals surface area contributed by atoms with Crippen LogP contribution in [0.3, 0.4) is 0 Å². The SMILES string of the molecule is CCOc1ccccc1/C=C/C(=O)OC(C)C1CC1. The molecule has 1 aromatic rings. The fourth-order valence-electron chi connectivity index (χ4n) is 1.95. The highest BCUT2D eigenvalue weighted by molar-refractivity contribution is 5.87. The second kappa shape index (κ2) is 6.41. The minimum Gasteiger partial charge on any atom is -0.493 e. The lowest BCUT2D eigenvalue weighted by molar-refractivity contribution is -0.142. The molecule has 0 N–H and O–H groups in total. The van der Waals surface area contributed by atoms with Gasteiger partial charge in [0.25, 0.3) is 0 Å². The minimum atomic E-state index is -0.286. The maximum absolute atomic E-state index is 11.7. The number of hydrogen-bond acceptors (Lipinski definition) is 3. The highest BCUT2D eigenvalue weighted by Gasteiger charge is 2.30. The molecular weight excluding hydrogens is 240 g/mol. The predicted octanol–water partition coefficient (Wildman–Crippen LogP) is 3.44. The number of carbonyl (C=O) groups excluding carboxylic acids is 1. The second-order valence-corrected chi connectivity index (χ2v) is 4.78. The first kappa shape index (κ1) is 13.7. The average Bonchev–Trinajstić information content (AvgIpc) is 3.22. The number of carbonyl (C=O) groups is 1. The third-order valence-corrected chi connectivity index (χ3v) is 3.21. The molecule has 1 fully saturated rings. The molecule has 0 spiro atoms. The van der Waals surface area contributed by atoms with E-state index in [9.17, 15) is 4.79 Å². The van der Waals surface area contributed by atoms with E-state index in [1.807, 2.05) is 38.1 Å². The Kier molecular flexibility index (Phi) is 4.61. The van der Waals surface area contributed by atoms with Gasteiger partial charge in [-0.2, -0.15) is 0 Å². The van der Waals surface area contributed by atoms with Crippen molar-refractivity contribution in [2.24, 2.45) is 5.92 Å². The molecule has 0 aromatic heterocycles. The Morgan fingerprint density at radius 3 is 2.84 bits per heavy atom. The van der Waals surface area contributed by atoms with Gasteiger partial charge in [-0.25, -0.2) is 4.79 Å². The molecule has 1 atom stereocenters. The molecule has 0 heterocycles. The van der Waals surface area contributed by atoms with E-state index in [4.69, 9.17) is 9.47 Å². The van der Waals surface area contributed by atoms with Crippen molar-refractivity contribution in [3.63, 3.8) is 0 Å². The van der Waals surface area contributed by atoms with Gasteiger partial charge >= 0.3 is 5.97 Å². The molecule has 102 valence electrons. The van der Waals surface area contributed by atoms with Crippen LogP contribution < -0.4 is 4.74 Å². The van der Waals surface area contributed by atoms with E-state index in [1.54, 1.807) is 6.08 Å². The zero-order valence-electron chi connectivity index (χ0n) is 11.5. The summed E-state index contributed by atoms with van der Waals surface area (Å²) in [5, 5.41) is 0. The Balaban J connectivity index is 1.95. The summed E-state index contributed by atoms with van der Waals surface area (Å²) in [6.07, 6.45) is 5.58. The Morgan fingerprint density at radius 2 is 2.16 bits per heavy atom. The van der Waals surface area contributed by atoms with E-state index < -0.39 is 0 Å². The Labute approximate surface area is 114 Å². The van der Waals surface area contributed by atoms with E-state index in [0.717, 1.165) is 11.3 Å². The lowest BCUT2D eigenvalue weighted by atomic mass is 10.2. The van der Waals surface area contributed by atoms with Crippen LogP contribution in [0.25, 0.3) is 6.08 Å². The first-order valence-corrected chi connectivity index (χ1v) is 6.81. The number of hydrogen-bond donors (Lipinski definition) is 0. The summed E-state index contributed by atoms with van der Waals surface area (Å²) in [5.74, 6) is 1.06. The van der Waals surface area contributed by atoms with Gasteiger partial charge in [0.05, 0.1) is 6.61 Å². The van der Waals surface area contributed by atoms with Crippen LogP contribution in [0.1, 0.15) is 32.3 Å². The topological polar surface area (TPSA) is 35.5 Å². The summed E-state index contributed by atoms with van der Waals surface area (Å²) < 4.78 is 10.8.